The normalized spacial score (nSPS) is 11.7. The molecule has 0 unspecified atom stereocenters. The number of esters is 2. The van der Waals surface area contributed by atoms with E-state index in [-0.39, 0.29) is 16.9 Å². The molecule has 0 amide bonds. The second kappa shape index (κ2) is 7.77. The molecular weight excluding hydrogens is 310 g/mol. The summed E-state index contributed by atoms with van der Waals surface area (Å²) in [5.41, 5.74) is 1.54. The van der Waals surface area contributed by atoms with Crippen molar-refractivity contribution in [1.29, 1.82) is 0 Å². The molecule has 130 valence electrons. The van der Waals surface area contributed by atoms with Crippen LogP contribution in [0.25, 0.3) is 0 Å². The topological polar surface area (TPSA) is 81.7 Å². The Hall–Kier alpha value is -2.63. The number of nitrogens with one attached hydrogen (secondary N) is 1. The largest absolute Gasteiger partial charge is 0.466 e. The van der Waals surface area contributed by atoms with Gasteiger partial charge < -0.3 is 14.8 Å². The van der Waals surface area contributed by atoms with Gasteiger partial charge in [-0.3, -0.25) is 4.79 Å². The van der Waals surface area contributed by atoms with E-state index in [9.17, 15) is 14.4 Å². The molecule has 0 spiro atoms. The molecule has 0 atom stereocenters. The molecule has 0 radical (unpaired) electrons. The molecular formula is C18H23NO5. The molecule has 0 aromatic heterocycles. The van der Waals surface area contributed by atoms with E-state index in [1.54, 1.807) is 12.1 Å². The van der Waals surface area contributed by atoms with Gasteiger partial charge in [-0.15, -0.1) is 0 Å². The van der Waals surface area contributed by atoms with E-state index >= 15 is 0 Å². The van der Waals surface area contributed by atoms with Crippen molar-refractivity contribution >= 4 is 23.4 Å². The van der Waals surface area contributed by atoms with Crippen molar-refractivity contribution in [2.24, 2.45) is 0 Å². The van der Waals surface area contributed by atoms with Crippen LogP contribution in [-0.4, -0.2) is 31.9 Å². The highest BCUT2D eigenvalue weighted by Gasteiger charge is 2.20. The molecule has 0 aliphatic carbocycles. The van der Waals surface area contributed by atoms with Crippen molar-refractivity contribution < 1.29 is 23.9 Å². The first kappa shape index (κ1) is 19.4. The summed E-state index contributed by atoms with van der Waals surface area (Å²) in [6, 6.07) is 5.34. The molecule has 24 heavy (non-hydrogen) atoms. The van der Waals surface area contributed by atoms with Crippen LogP contribution in [0.5, 0.6) is 0 Å². The van der Waals surface area contributed by atoms with Crippen LogP contribution in [0, 0.1) is 0 Å². The van der Waals surface area contributed by atoms with Crippen molar-refractivity contribution in [2.75, 3.05) is 19.5 Å². The number of benzene rings is 1. The Kier molecular flexibility index (Phi) is 6.28. The maximum Gasteiger partial charge on any atom is 0.354 e. The van der Waals surface area contributed by atoms with Gasteiger partial charge in [0.05, 0.1) is 20.3 Å². The Morgan fingerprint density at radius 2 is 1.71 bits per heavy atom. The van der Waals surface area contributed by atoms with Gasteiger partial charge in [-0.25, -0.2) is 9.59 Å². The molecule has 6 nitrogen and oxygen atoms in total. The van der Waals surface area contributed by atoms with Crippen molar-refractivity contribution in [3.8, 4) is 0 Å². The third kappa shape index (κ3) is 4.94. The Labute approximate surface area is 141 Å². The summed E-state index contributed by atoms with van der Waals surface area (Å²) >= 11 is 0. The standard InChI is InChI=1S/C18H23NO5/c1-11(20)13-8-7-12(18(2,3)4)9-14(13)19-15(17(22)24-6)10-16(21)23-5/h7-10,19H,1-6H3/b15-10+. The minimum Gasteiger partial charge on any atom is -0.466 e. The third-order valence-corrected chi connectivity index (χ3v) is 3.40. The number of methoxy groups -OCH3 is 2. The molecule has 0 saturated carbocycles. The van der Waals surface area contributed by atoms with Gasteiger partial charge in [0, 0.05) is 11.3 Å². The summed E-state index contributed by atoms with van der Waals surface area (Å²) in [6.07, 6.45) is 0.986. The van der Waals surface area contributed by atoms with E-state index in [2.05, 4.69) is 14.8 Å². The zero-order valence-corrected chi connectivity index (χ0v) is 14.9. The number of anilines is 1. The summed E-state index contributed by atoms with van der Waals surface area (Å²) < 4.78 is 9.20. The SMILES string of the molecule is COC(=O)/C=C(/Nc1cc(C(C)(C)C)ccc1C(C)=O)C(=O)OC. The highest BCUT2D eigenvalue weighted by molar-refractivity contribution is 6.03. The van der Waals surface area contributed by atoms with E-state index in [4.69, 9.17) is 0 Å². The van der Waals surface area contributed by atoms with Gasteiger partial charge in [-0.1, -0.05) is 26.8 Å². The van der Waals surface area contributed by atoms with E-state index in [0.717, 1.165) is 11.6 Å². The Morgan fingerprint density at radius 3 is 2.17 bits per heavy atom. The first-order valence-electron chi connectivity index (χ1n) is 7.40. The fourth-order valence-corrected chi connectivity index (χ4v) is 2.00. The highest BCUT2D eigenvalue weighted by atomic mass is 16.5. The molecule has 0 heterocycles. The summed E-state index contributed by atoms with van der Waals surface area (Å²) in [5, 5.41) is 2.82. The van der Waals surface area contributed by atoms with Crippen molar-refractivity contribution in [2.45, 2.75) is 33.1 Å². The van der Waals surface area contributed by atoms with Gasteiger partial charge >= 0.3 is 11.9 Å². The van der Waals surface area contributed by atoms with Crippen molar-refractivity contribution in [1.82, 2.24) is 0 Å². The molecule has 1 aromatic carbocycles. The van der Waals surface area contributed by atoms with Gasteiger partial charge in [0.2, 0.25) is 0 Å². The van der Waals surface area contributed by atoms with Gasteiger partial charge in [-0.2, -0.15) is 0 Å². The fourth-order valence-electron chi connectivity index (χ4n) is 2.00. The van der Waals surface area contributed by atoms with Crippen LogP contribution in [0.15, 0.2) is 30.0 Å². The maximum atomic E-state index is 11.9. The van der Waals surface area contributed by atoms with Gasteiger partial charge in [-0.05, 0) is 30.0 Å². The van der Waals surface area contributed by atoms with Crippen LogP contribution in [0.4, 0.5) is 5.69 Å². The first-order chi connectivity index (χ1) is 11.1. The average molecular weight is 333 g/mol. The molecule has 6 heteroatoms. The second-order valence-electron chi connectivity index (χ2n) is 6.26. The van der Waals surface area contributed by atoms with E-state index in [1.807, 2.05) is 26.8 Å². The summed E-state index contributed by atoms with van der Waals surface area (Å²) in [4.78, 5) is 35.2. The molecule has 0 aliphatic rings. The predicted molar refractivity (Wildman–Crippen MR) is 90.9 cm³/mol. The Morgan fingerprint density at radius 1 is 1.08 bits per heavy atom. The lowest BCUT2D eigenvalue weighted by atomic mass is 9.86. The Balaban J connectivity index is 3.40. The smallest absolute Gasteiger partial charge is 0.354 e. The number of carbonyl (C=O) groups excluding carboxylic acids is 3. The number of carbonyl (C=O) groups is 3. The molecule has 0 fully saturated rings. The lowest BCUT2D eigenvalue weighted by Crippen LogP contribution is -2.18. The molecule has 0 aliphatic heterocycles. The Bertz CT molecular complexity index is 683. The van der Waals surface area contributed by atoms with Gasteiger partial charge in [0.15, 0.2) is 5.78 Å². The number of rotatable bonds is 5. The van der Waals surface area contributed by atoms with E-state index in [0.29, 0.717) is 11.3 Å². The molecule has 1 N–H and O–H groups in total. The summed E-state index contributed by atoms with van der Waals surface area (Å²) in [7, 11) is 2.40. The van der Waals surface area contributed by atoms with Crippen molar-refractivity contribution in [3.63, 3.8) is 0 Å². The quantitative estimate of drug-likeness (QED) is 0.507. The minimum atomic E-state index is -0.740. The van der Waals surface area contributed by atoms with Crippen LogP contribution in [0.1, 0.15) is 43.6 Å². The molecule has 0 bridgehead atoms. The molecule has 1 aromatic rings. The van der Waals surface area contributed by atoms with Crippen molar-refractivity contribution in [3.05, 3.63) is 41.1 Å². The minimum absolute atomic E-state index is 0.113. The van der Waals surface area contributed by atoms with Crippen LogP contribution in [0.3, 0.4) is 0 Å². The zero-order valence-electron chi connectivity index (χ0n) is 14.9. The van der Waals surface area contributed by atoms with E-state index < -0.39 is 11.9 Å². The summed E-state index contributed by atoms with van der Waals surface area (Å²) in [6.45, 7) is 7.53. The first-order valence-corrected chi connectivity index (χ1v) is 7.40. The van der Waals surface area contributed by atoms with Crippen LogP contribution in [-0.2, 0) is 24.5 Å². The molecule has 0 saturated heterocycles. The molecule has 1 rings (SSSR count). The van der Waals surface area contributed by atoms with Crippen LogP contribution >= 0.6 is 0 Å². The number of ether oxygens (including phenoxy) is 2. The lowest BCUT2D eigenvalue weighted by Gasteiger charge is -2.21. The summed E-state index contributed by atoms with van der Waals surface area (Å²) in [5.74, 6) is -1.62. The van der Waals surface area contributed by atoms with Gasteiger partial charge in [0.1, 0.15) is 5.70 Å². The van der Waals surface area contributed by atoms with Crippen LogP contribution in [0.2, 0.25) is 0 Å². The van der Waals surface area contributed by atoms with E-state index in [1.165, 1.54) is 21.1 Å². The lowest BCUT2D eigenvalue weighted by molar-refractivity contribution is -0.138. The number of Topliss-reactive ketones (excluding diaryl/α,β-unsaturated/α-hetero) is 1. The number of hydrogen-bond acceptors (Lipinski definition) is 6. The zero-order chi connectivity index (χ0) is 18.5. The maximum absolute atomic E-state index is 11.9. The van der Waals surface area contributed by atoms with Gasteiger partial charge in [0.25, 0.3) is 0 Å². The van der Waals surface area contributed by atoms with Crippen LogP contribution < -0.4 is 5.32 Å². The average Bonchev–Trinajstić information content (AvgIpc) is 2.52. The number of hydrogen-bond donors (Lipinski definition) is 1. The monoisotopic (exact) mass is 333 g/mol. The predicted octanol–water partition coefficient (Wildman–Crippen LogP) is 2.83. The third-order valence-electron chi connectivity index (χ3n) is 3.40. The highest BCUT2D eigenvalue weighted by Crippen LogP contribution is 2.28. The second-order valence-corrected chi connectivity index (χ2v) is 6.26. The fraction of sp³-hybridized carbons (Fsp3) is 0.389. The number of ketones is 1.